The van der Waals surface area contributed by atoms with Crippen molar-refractivity contribution in [1.82, 2.24) is 0 Å². The van der Waals surface area contributed by atoms with Gasteiger partial charge in [-0.3, -0.25) is 0 Å². The van der Waals surface area contributed by atoms with Crippen LogP contribution in [0.1, 0.15) is 53.5 Å². The summed E-state index contributed by atoms with van der Waals surface area (Å²) in [6.07, 6.45) is 3.63. The topological polar surface area (TPSA) is 42.2 Å². The van der Waals surface area contributed by atoms with Crippen LogP contribution in [0.15, 0.2) is 60.7 Å². The molecule has 29 heavy (non-hydrogen) atoms. The predicted molar refractivity (Wildman–Crippen MR) is 108 cm³/mol. The van der Waals surface area contributed by atoms with Gasteiger partial charge in [0.25, 0.3) is 0 Å². The summed E-state index contributed by atoms with van der Waals surface area (Å²) in [5, 5.41) is 8.92. The molecule has 0 saturated heterocycles. The normalized spacial score (nSPS) is 17.4. The van der Waals surface area contributed by atoms with Crippen molar-refractivity contribution in [2.45, 2.75) is 37.7 Å². The van der Waals surface area contributed by atoms with Crippen LogP contribution >= 0.6 is 0 Å². The van der Waals surface area contributed by atoms with E-state index in [4.69, 9.17) is 14.7 Å². The Balaban J connectivity index is 1.37. The van der Waals surface area contributed by atoms with Crippen molar-refractivity contribution in [3.63, 3.8) is 0 Å². The molecule has 5 rings (SSSR count). The fraction of sp³-hybridized carbons (Fsp3) is 0.240. The first-order valence-corrected chi connectivity index (χ1v) is 9.97. The quantitative estimate of drug-likeness (QED) is 0.508. The molecule has 3 aromatic carbocycles. The Morgan fingerprint density at radius 3 is 2.28 bits per heavy atom. The van der Waals surface area contributed by atoms with Gasteiger partial charge in [-0.05, 0) is 85.7 Å². The summed E-state index contributed by atoms with van der Waals surface area (Å²) in [4.78, 5) is 0. The highest BCUT2D eigenvalue weighted by molar-refractivity contribution is 5.48. The Bertz CT molecular complexity index is 1080. The predicted octanol–water partition coefficient (Wildman–Crippen LogP) is 6.43. The first-order valence-electron chi connectivity index (χ1n) is 9.97. The molecule has 0 spiro atoms. The van der Waals surface area contributed by atoms with Crippen LogP contribution in [-0.4, -0.2) is 0 Å². The van der Waals surface area contributed by atoms with Gasteiger partial charge in [0, 0.05) is 11.1 Å². The van der Waals surface area contributed by atoms with E-state index >= 15 is 0 Å². The monoisotopic (exact) mass is 385 g/mol. The van der Waals surface area contributed by atoms with Crippen LogP contribution in [0, 0.1) is 17.1 Å². The van der Waals surface area contributed by atoms with Crippen LogP contribution in [0.25, 0.3) is 0 Å². The van der Waals surface area contributed by atoms with Crippen molar-refractivity contribution in [2.24, 2.45) is 0 Å². The molecule has 0 amide bonds. The van der Waals surface area contributed by atoms with E-state index in [0.717, 1.165) is 11.3 Å². The van der Waals surface area contributed by atoms with Crippen LogP contribution in [-0.2, 0) is 6.42 Å². The van der Waals surface area contributed by atoms with Crippen molar-refractivity contribution >= 4 is 0 Å². The average molecular weight is 385 g/mol. The molecule has 1 atom stereocenters. The molecule has 2 aliphatic rings. The van der Waals surface area contributed by atoms with E-state index in [9.17, 15) is 4.39 Å². The Hall–Kier alpha value is -3.32. The molecule has 3 nitrogen and oxygen atoms in total. The maximum Gasteiger partial charge on any atom is 0.131 e. The molecule has 3 aromatic rings. The molecular weight excluding hydrogens is 365 g/mol. The number of nitriles is 1. The van der Waals surface area contributed by atoms with Gasteiger partial charge >= 0.3 is 0 Å². The number of benzene rings is 3. The number of fused-ring (bicyclic) bond motifs is 1. The average Bonchev–Trinajstić information content (AvgIpc) is 3.52. The molecule has 1 unspecified atom stereocenters. The highest BCUT2D eigenvalue weighted by Crippen LogP contribution is 2.43. The SMILES string of the molecule is N#Cc1ccc(Oc2ccc(F)c3c2CCC3Oc2ccc(C3CC3)cc2)cc1. The van der Waals surface area contributed by atoms with Crippen molar-refractivity contribution in [2.75, 3.05) is 0 Å². The minimum Gasteiger partial charge on any atom is -0.486 e. The van der Waals surface area contributed by atoms with Gasteiger partial charge in [-0.15, -0.1) is 0 Å². The maximum atomic E-state index is 14.7. The van der Waals surface area contributed by atoms with E-state index in [1.54, 1.807) is 30.3 Å². The number of rotatable bonds is 5. The lowest BCUT2D eigenvalue weighted by Gasteiger charge is -2.17. The summed E-state index contributed by atoms with van der Waals surface area (Å²) in [6.45, 7) is 0. The number of nitrogens with zero attached hydrogens (tertiary/aromatic N) is 1. The smallest absolute Gasteiger partial charge is 0.131 e. The van der Waals surface area contributed by atoms with E-state index < -0.39 is 0 Å². The summed E-state index contributed by atoms with van der Waals surface area (Å²) in [6, 6.07) is 20.3. The van der Waals surface area contributed by atoms with Crippen molar-refractivity contribution in [3.05, 3.63) is 88.7 Å². The highest BCUT2D eigenvalue weighted by atomic mass is 19.1. The van der Waals surface area contributed by atoms with Crippen LogP contribution in [0.4, 0.5) is 4.39 Å². The number of halogens is 1. The van der Waals surface area contributed by atoms with Gasteiger partial charge in [-0.1, -0.05) is 12.1 Å². The number of hydrogen-bond donors (Lipinski definition) is 0. The largest absolute Gasteiger partial charge is 0.486 e. The van der Waals surface area contributed by atoms with Crippen molar-refractivity contribution in [3.8, 4) is 23.3 Å². The molecule has 0 N–H and O–H groups in total. The fourth-order valence-electron chi connectivity index (χ4n) is 3.98. The third kappa shape index (κ3) is 3.56. The van der Waals surface area contributed by atoms with Gasteiger partial charge in [0.15, 0.2) is 0 Å². The van der Waals surface area contributed by atoms with Crippen LogP contribution in [0.2, 0.25) is 0 Å². The minimum atomic E-state index is -0.318. The number of ether oxygens (including phenoxy) is 2. The van der Waals surface area contributed by atoms with E-state index in [2.05, 4.69) is 18.2 Å². The molecule has 144 valence electrons. The first kappa shape index (κ1) is 17.8. The van der Waals surface area contributed by atoms with E-state index in [-0.39, 0.29) is 11.9 Å². The van der Waals surface area contributed by atoms with Crippen LogP contribution in [0.3, 0.4) is 0 Å². The third-order valence-corrected chi connectivity index (χ3v) is 5.66. The lowest BCUT2D eigenvalue weighted by molar-refractivity contribution is 0.203. The summed E-state index contributed by atoms with van der Waals surface area (Å²) in [5.74, 6) is 2.48. The molecule has 1 fully saturated rings. The zero-order chi connectivity index (χ0) is 19.8. The molecule has 0 bridgehead atoms. The molecular formula is C25H20FNO2. The van der Waals surface area contributed by atoms with Gasteiger partial charge in [0.2, 0.25) is 0 Å². The Morgan fingerprint density at radius 1 is 0.862 bits per heavy atom. The Kier molecular flexibility index (Phi) is 4.44. The standard InChI is InChI=1S/C25H20FNO2/c26-22-12-14-23(28-19-7-1-16(15-27)2-8-19)21-11-13-24(25(21)22)29-20-9-5-18(6-10-20)17-3-4-17/h1-2,5-10,12,14,17,24H,3-4,11,13H2. The zero-order valence-corrected chi connectivity index (χ0v) is 15.9. The van der Waals surface area contributed by atoms with Crippen LogP contribution in [0.5, 0.6) is 17.2 Å². The number of hydrogen-bond acceptors (Lipinski definition) is 3. The maximum absolute atomic E-state index is 14.7. The third-order valence-electron chi connectivity index (χ3n) is 5.66. The fourth-order valence-corrected chi connectivity index (χ4v) is 3.98. The van der Waals surface area contributed by atoms with Crippen LogP contribution < -0.4 is 9.47 Å². The second kappa shape index (κ2) is 7.25. The molecule has 0 heterocycles. The Morgan fingerprint density at radius 2 is 1.59 bits per heavy atom. The molecule has 4 heteroatoms. The van der Waals surface area contributed by atoms with Crippen molar-refractivity contribution in [1.29, 1.82) is 5.26 Å². The molecule has 0 aromatic heterocycles. The second-order valence-electron chi connectivity index (χ2n) is 7.66. The summed E-state index contributed by atoms with van der Waals surface area (Å²) < 4.78 is 26.8. The van der Waals surface area contributed by atoms with Gasteiger partial charge in [0.1, 0.15) is 29.2 Å². The molecule has 2 aliphatic carbocycles. The molecule has 0 aliphatic heterocycles. The second-order valence-corrected chi connectivity index (χ2v) is 7.66. The van der Waals surface area contributed by atoms with Gasteiger partial charge < -0.3 is 9.47 Å². The zero-order valence-electron chi connectivity index (χ0n) is 15.9. The van der Waals surface area contributed by atoms with Gasteiger partial charge in [-0.25, -0.2) is 4.39 Å². The first-order chi connectivity index (χ1) is 14.2. The molecule has 0 radical (unpaired) electrons. The van der Waals surface area contributed by atoms with E-state index in [1.165, 1.54) is 24.5 Å². The van der Waals surface area contributed by atoms with Gasteiger partial charge in [-0.2, -0.15) is 5.26 Å². The van der Waals surface area contributed by atoms with Gasteiger partial charge in [0.05, 0.1) is 11.6 Å². The lowest BCUT2D eigenvalue weighted by Crippen LogP contribution is -2.06. The van der Waals surface area contributed by atoms with E-state index in [0.29, 0.717) is 41.4 Å². The summed E-state index contributed by atoms with van der Waals surface area (Å²) in [7, 11) is 0. The lowest BCUT2D eigenvalue weighted by atomic mass is 10.1. The van der Waals surface area contributed by atoms with E-state index in [1.807, 2.05) is 12.1 Å². The summed E-state index contributed by atoms with van der Waals surface area (Å²) >= 11 is 0. The Labute approximate surface area is 169 Å². The summed E-state index contributed by atoms with van der Waals surface area (Å²) in [5.41, 5.74) is 3.37. The highest BCUT2D eigenvalue weighted by Gasteiger charge is 2.31. The molecule has 1 saturated carbocycles. The van der Waals surface area contributed by atoms with Crippen molar-refractivity contribution < 1.29 is 13.9 Å². The minimum absolute atomic E-state index is 0.260.